The minimum Gasteiger partial charge on any atom is -0.368 e. The van der Waals surface area contributed by atoms with Gasteiger partial charge in [0.15, 0.2) is 17.5 Å². The number of halogens is 4. The van der Waals surface area contributed by atoms with Crippen molar-refractivity contribution in [2.24, 2.45) is 0 Å². The summed E-state index contributed by atoms with van der Waals surface area (Å²) in [4.78, 5) is 9.91. The first kappa shape index (κ1) is 17.8. The zero-order valence-corrected chi connectivity index (χ0v) is 14.2. The number of nitrogens with two attached hydrogens (primary N) is 1. The van der Waals surface area contributed by atoms with Crippen LogP contribution in [0.5, 0.6) is 0 Å². The van der Waals surface area contributed by atoms with Crippen LogP contribution in [0.1, 0.15) is 24.9 Å². The van der Waals surface area contributed by atoms with Crippen LogP contribution in [-0.4, -0.2) is 34.0 Å². The Hall–Kier alpha value is -2.06. The molecule has 1 aliphatic heterocycles. The van der Waals surface area contributed by atoms with E-state index in [1.54, 1.807) is 0 Å². The summed E-state index contributed by atoms with van der Waals surface area (Å²) in [7, 11) is 0. The third-order valence-electron chi connectivity index (χ3n) is 4.30. The second kappa shape index (κ2) is 7.05. The van der Waals surface area contributed by atoms with Gasteiger partial charge in [0.05, 0.1) is 6.04 Å². The molecule has 2 aromatic rings. The lowest BCUT2D eigenvalue weighted by Crippen LogP contribution is -2.31. The highest BCUT2D eigenvalue weighted by Crippen LogP contribution is 2.35. The van der Waals surface area contributed by atoms with Gasteiger partial charge in [-0.25, -0.2) is 18.2 Å². The highest BCUT2D eigenvalue weighted by molar-refractivity contribution is 6.29. The molecule has 3 rings (SSSR count). The smallest absolute Gasteiger partial charge is 0.223 e. The number of likely N-dealkylation sites (N-methyl/N-ethyl adjacent to an activating group) is 1. The summed E-state index contributed by atoms with van der Waals surface area (Å²) < 4.78 is 40.6. The van der Waals surface area contributed by atoms with Crippen LogP contribution < -0.4 is 11.1 Å². The summed E-state index contributed by atoms with van der Waals surface area (Å²) in [6.07, 6.45) is 0.709. The van der Waals surface area contributed by atoms with E-state index in [1.807, 2.05) is 6.92 Å². The molecule has 2 heterocycles. The number of anilines is 2. The predicted molar refractivity (Wildman–Crippen MR) is 89.8 cm³/mol. The summed E-state index contributed by atoms with van der Waals surface area (Å²) in [6.45, 7) is 3.34. The lowest BCUT2D eigenvalue weighted by atomic mass is 9.99. The number of hydrogen-bond acceptors (Lipinski definition) is 5. The number of hydrogen-bond donors (Lipinski definition) is 2. The Balaban J connectivity index is 1.93. The Morgan fingerprint density at radius 2 is 1.92 bits per heavy atom. The zero-order chi connectivity index (χ0) is 18.1. The largest absolute Gasteiger partial charge is 0.368 e. The molecule has 1 aromatic heterocycles. The topological polar surface area (TPSA) is 67.1 Å². The van der Waals surface area contributed by atoms with Crippen LogP contribution in [0.3, 0.4) is 0 Å². The molecule has 1 fully saturated rings. The zero-order valence-electron chi connectivity index (χ0n) is 13.4. The Morgan fingerprint density at radius 3 is 2.52 bits per heavy atom. The van der Waals surface area contributed by atoms with Crippen LogP contribution in [-0.2, 0) is 0 Å². The molecule has 0 saturated carbocycles. The van der Waals surface area contributed by atoms with Crippen molar-refractivity contribution < 1.29 is 13.2 Å². The molecular weight excluding hydrogens is 355 g/mol. The van der Waals surface area contributed by atoms with Crippen molar-refractivity contribution in [3.8, 4) is 0 Å². The first-order chi connectivity index (χ1) is 11.9. The van der Waals surface area contributed by atoms with Crippen molar-refractivity contribution in [2.75, 3.05) is 24.1 Å². The first-order valence-electron chi connectivity index (χ1n) is 7.84. The Bertz CT molecular complexity index is 745. The molecule has 0 bridgehead atoms. The standard InChI is InChI=1S/C16H17ClF3N5/c1-2-25-4-3-11(22-13-7-12(17)23-16(21)24-13)15(25)8-5-9(18)14(20)10(19)6-8/h5-7,11,15H,2-4H2,1H3,(H3,21,22,23,24). The minimum absolute atomic E-state index is 0.0239. The molecular formula is C16H17ClF3N5. The molecule has 25 heavy (non-hydrogen) atoms. The average Bonchev–Trinajstić information content (AvgIpc) is 2.93. The summed E-state index contributed by atoms with van der Waals surface area (Å²) in [5, 5.41) is 3.38. The Morgan fingerprint density at radius 1 is 1.24 bits per heavy atom. The van der Waals surface area contributed by atoms with Crippen molar-refractivity contribution in [3.05, 3.63) is 46.4 Å². The summed E-state index contributed by atoms with van der Waals surface area (Å²) in [6, 6.07) is 3.05. The molecule has 3 N–H and O–H groups in total. The lowest BCUT2D eigenvalue weighted by molar-refractivity contribution is 0.263. The van der Waals surface area contributed by atoms with Gasteiger partial charge >= 0.3 is 0 Å². The van der Waals surface area contributed by atoms with Crippen LogP contribution in [0, 0.1) is 17.5 Å². The minimum atomic E-state index is -1.47. The molecule has 1 aliphatic rings. The van der Waals surface area contributed by atoms with Gasteiger partial charge < -0.3 is 11.1 Å². The van der Waals surface area contributed by atoms with Crippen molar-refractivity contribution in [1.82, 2.24) is 14.9 Å². The van der Waals surface area contributed by atoms with Crippen LogP contribution in [0.25, 0.3) is 0 Å². The number of benzene rings is 1. The molecule has 2 atom stereocenters. The molecule has 134 valence electrons. The van der Waals surface area contributed by atoms with Gasteiger partial charge in [-0.3, -0.25) is 4.90 Å². The fourth-order valence-electron chi connectivity index (χ4n) is 3.25. The van der Waals surface area contributed by atoms with Crippen LogP contribution >= 0.6 is 11.6 Å². The van der Waals surface area contributed by atoms with Crippen molar-refractivity contribution >= 4 is 23.4 Å². The van der Waals surface area contributed by atoms with Gasteiger partial charge in [-0.05, 0) is 30.7 Å². The fourth-order valence-corrected chi connectivity index (χ4v) is 3.44. The van der Waals surface area contributed by atoms with Crippen molar-refractivity contribution in [2.45, 2.75) is 25.4 Å². The SMILES string of the molecule is CCN1CCC(Nc2cc(Cl)nc(N)n2)C1c1cc(F)c(F)c(F)c1. The van der Waals surface area contributed by atoms with E-state index in [0.29, 0.717) is 30.9 Å². The quantitative estimate of drug-likeness (QED) is 0.637. The van der Waals surface area contributed by atoms with Crippen LogP contribution in [0.2, 0.25) is 5.15 Å². The van der Waals surface area contributed by atoms with Gasteiger partial charge in [-0.1, -0.05) is 18.5 Å². The van der Waals surface area contributed by atoms with E-state index in [4.69, 9.17) is 17.3 Å². The normalized spacial score (nSPS) is 20.8. The molecule has 1 saturated heterocycles. The number of nitrogen functional groups attached to an aromatic ring is 1. The van der Waals surface area contributed by atoms with Gasteiger partial charge in [-0.15, -0.1) is 0 Å². The van der Waals surface area contributed by atoms with E-state index in [0.717, 1.165) is 12.1 Å². The van der Waals surface area contributed by atoms with Gasteiger partial charge in [0, 0.05) is 18.7 Å². The van der Waals surface area contributed by atoms with E-state index in [2.05, 4.69) is 20.2 Å². The van der Waals surface area contributed by atoms with Crippen molar-refractivity contribution in [3.63, 3.8) is 0 Å². The monoisotopic (exact) mass is 371 g/mol. The molecule has 5 nitrogen and oxygen atoms in total. The predicted octanol–water partition coefficient (Wildman–Crippen LogP) is 3.38. The van der Waals surface area contributed by atoms with E-state index >= 15 is 0 Å². The molecule has 9 heteroatoms. The fraction of sp³-hybridized carbons (Fsp3) is 0.375. The van der Waals surface area contributed by atoms with Gasteiger partial charge in [0.2, 0.25) is 5.95 Å². The van der Waals surface area contributed by atoms with E-state index in [1.165, 1.54) is 6.07 Å². The molecule has 1 aromatic carbocycles. The Kier molecular flexibility index (Phi) is 5.01. The molecule has 0 radical (unpaired) electrons. The second-order valence-electron chi connectivity index (χ2n) is 5.85. The summed E-state index contributed by atoms with van der Waals surface area (Å²) >= 11 is 5.88. The van der Waals surface area contributed by atoms with Gasteiger partial charge in [0.1, 0.15) is 11.0 Å². The third-order valence-corrected chi connectivity index (χ3v) is 4.49. The lowest BCUT2D eigenvalue weighted by Gasteiger charge is -2.28. The number of aromatic nitrogens is 2. The average molecular weight is 372 g/mol. The van der Waals surface area contributed by atoms with Crippen LogP contribution in [0.15, 0.2) is 18.2 Å². The van der Waals surface area contributed by atoms with E-state index in [9.17, 15) is 13.2 Å². The highest BCUT2D eigenvalue weighted by Gasteiger charge is 2.35. The molecule has 0 spiro atoms. The van der Waals surface area contributed by atoms with Crippen LogP contribution in [0.4, 0.5) is 24.9 Å². The maximum absolute atomic E-state index is 13.7. The van der Waals surface area contributed by atoms with Gasteiger partial charge in [0.25, 0.3) is 0 Å². The molecule has 2 unspecified atom stereocenters. The summed E-state index contributed by atoms with van der Waals surface area (Å²) in [5.41, 5.74) is 5.95. The molecule has 0 amide bonds. The van der Waals surface area contributed by atoms with E-state index in [-0.39, 0.29) is 23.2 Å². The van der Waals surface area contributed by atoms with Gasteiger partial charge in [-0.2, -0.15) is 4.98 Å². The number of rotatable bonds is 4. The summed E-state index contributed by atoms with van der Waals surface area (Å²) in [5.74, 6) is -3.43. The highest BCUT2D eigenvalue weighted by atomic mass is 35.5. The van der Waals surface area contributed by atoms with Crippen molar-refractivity contribution in [1.29, 1.82) is 0 Å². The Labute approximate surface area is 148 Å². The van der Waals surface area contributed by atoms with E-state index < -0.39 is 17.5 Å². The number of nitrogens with one attached hydrogen (secondary N) is 1. The number of nitrogens with zero attached hydrogens (tertiary/aromatic N) is 3. The second-order valence-corrected chi connectivity index (χ2v) is 6.23. The maximum Gasteiger partial charge on any atom is 0.223 e. The molecule has 0 aliphatic carbocycles. The first-order valence-corrected chi connectivity index (χ1v) is 8.22. The third kappa shape index (κ3) is 3.64. The number of likely N-dealkylation sites (tertiary alicyclic amines) is 1. The maximum atomic E-state index is 13.7.